The molecule has 4 rings (SSSR count). The number of benzene rings is 1. The molecule has 150 valence electrons. The normalized spacial score (nSPS) is 23.6. The van der Waals surface area contributed by atoms with Crippen LogP contribution in [0.15, 0.2) is 44.6 Å². The Morgan fingerprint density at radius 2 is 2.04 bits per heavy atom. The van der Waals surface area contributed by atoms with E-state index in [1.165, 1.54) is 21.0 Å². The molecule has 1 fully saturated rings. The fraction of sp³-hybridized carbons (Fsp3) is 0.474. The third-order valence-corrected chi connectivity index (χ3v) is 7.44. The molecule has 2 aromatic rings. The third-order valence-electron chi connectivity index (χ3n) is 5.60. The van der Waals surface area contributed by atoms with Gasteiger partial charge in [-0.2, -0.15) is 4.31 Å². The molecule has 9 heteroatoms. The first kappa shape index (κ1) is 18.9. The van der Waals surface area contributed by atoms with Gasteiger partial charge in [0.25, 0.3) is 0 Å². The van der Waals surface area contributed by atoms with E-state index < -0.39 is 21.2 Å². The second-order valence-corrected chi connectivity index (χ2v) is 9.70. The number of rotatable bonds is 3. The lowest BCUT2D eigenvalue weighted by Gasteiger charge is -2.41. The van der Waals surface area contributed by atoms with E-state index in [0.717, 1.165) is 0 Å². The van der Waals surface area contributed by atoms with E-state index in [1.807, 2.05) is 19.9 Å². The van der Waals surface area contributed by atoms with Gasteiger partial charge in [-0.15, -0.1) is 0 Å². The maximum Gasteiger partial charge on any atom is 0.420 e. The van der Waals surface area contributed by atoms with Crippen LogP contribution in [0.5, 0.6) is 0 Å². The zero-order valence-electron chi connectivity index (χ0n) is 15.8. The number of hydrogen-bond acceptors (Lipinski definition) is 5. The minimum Gasteiger partial charge on any atom is -0.408 e. The van der Waals surface area contributed by atoms with Crippen molar-refractivity contribution in [2.75, 3.05) is 13.1 Å². The summed E-state index contributed by atoms with van der Waals surface area (Å²) in [6, 6.07) is 4.39. The molecular formula is C19H23N3O5S. The van der Waals surface area contributed by atoms with Crippen LogP contribution in [0.25, 0.3) is 11.1 Å². The largest absolute Gasteiger partial charge is 0.420 e. The summed E-state index contributed by atoms with van der Waals surface area (Å²) in [5.41, 5.74) is 0.0771. The molecule has 2 aliphatic heterocycles. The van der Waals surface area contributed by atoms with Crippen molar-refractivity contribution >= 4 is 27.0 Å². The van der Waals surface area contributed by atoms with Crippen LogP contribution in [-0.2, 0) is 14.8 Å². The summed E-state index contributed by atoms with van der Waals surface area (Å²) < 4.78 is 34.6. The summed E-state index contributed by atoms with van der Waals surface area (Å²) in [6.07, 6.45) is 5.26. The van der Waals surface area contributed by atoms with E-state index in [9.17, 15) is 18.0 Å². The first-order valence-electron chi connectivity index (χ1n) is 9.36. The summed E-state index contributed by atoms with van der Waals surface area (Å²) in [6.45, 7) is 4.21. The van der Waals surface area contributed by atoms with Crippen LogP contribution in [0.4, 0.5) is 0 Å². The van der Waals surface area contributed by atoms with Gasteiger partial charge in [-0.05, 0) is 51.4 Å². The molecule has 1 amide bonds. The van der Waals surface area contributed by atoms with Gasteiger partial charge in [-0.1, -0.05) is 6.08 Å². The second-order valence-electron chi connectivity index (χ2n) is 7.76. The number of piperidine rings is 1. The lowest BCUT2D eigenvalue weighted by atomic mass is 9.76. The summed E-state index contributed by atoms with van der Waals surface area (Å²) >= 11 is 0. The van der Waals surface area contributed by atoms with Crippen molar-refractivity contribution in [1.29, 1.82) is 0 Å². The first-order valence-corrected chi connectivity index (χ1v) is 10.8. The van der Waals surface area contributed by atoms with Crippen molar-refractivity contribution in [3.63, 3.8) is 0 Å². The molecule has 1 aromatic heterocycles. The van der Waals surface area contributed by atoms with Gasteiger partial charge < -0.3 is 9.73 Å². The first-order chi connectivity index (χ1) is 13.2. The van der Waals surface area contributed by atoms with Crippen LogP contribution in [0.3, 0.4) is 0 Å². The minimum atomic E-state index is -3.82. The van der Waals surface area contributed by atoms with Gasteiger partial charge in [0.2, 0.25) is 15.9 Å². The molecule has 2 aliphatic rings. The van der Waals surface area contributed by atoms with Gasteiger partial charge in [-0.3, -0.25) is 9.36 Å². The van der Waals surface area contributed by atoms with Crippen LogP contribution < -0.4 is 11.1 Å². The van der Waals surface area contributed by atoms with E-state index in [2.05, 4.69) is 5.32 Å². The number of allylic oxidation sites excluding steroid dienone is 1. The molecule has 0 radical (unpaired) electrons. The highest BCUT2D eigenvalue weighted by molar-refractivity contribution is 7.89. The number of sulfonamides is 1. The number of carbonyl (C=O) groups excluding carboxylic acids is 1. The summed E-state index contributed by atoms with van der Waals surface area (Å²) in [5.74, 6) is -0.646. The predicted octanol–water partition coefficient (Wildman–Crippen LogP) is 1.98. The summed E-state index contributed by atoms with van der Waals surface area (Å²) in [5, 5.41) is 2.70. The Kier molecular flexibility index (Phi) is 4.46. The van der Waals surface area contributed by atoms with E-state index in [-0.39, 0.29) is 29.0 Å². The van der Waals surface area contributed by atoms with Crippen LogP contribution >= 0.6 is 0 Å². The topological polar surface area (TPSA) is 102 Å². The number of oxazole rings is 1. The van der Waals surface area contributed by atoms with Gasteiger partial charge >= 0.3 is 5.76 Å². The fourth-order valence-corrected chi connectivity index (χ4v) is 5.71. The number of fused-ring (bicyclic) bond motifs is 1. The number of aromatic nitrogens is 1. The second kappa shape index (κ2) is 6.59. The average molecular weight is 405 g/mol. The van der Waals surface area contributed by atoms with Gasteiger partial charge in [0, 0.05) is 25.2 Å². The number of nitrogens with one attached hydrogen (secondary N) is 1. The van der Waals surface area contributed by atoms with Crippen molar-refractivity contribution in [2.45, 2.75) is 44.0 Å². The zero-order valence-corrected chi connectivity index (χ0v) is 16.7. The van der Waals surface area contributed by atoms with Crippen molar-refractivity contribution in [2.24, 2.45) is 5.41 Å². The molecule has 1 aromatic carbocycles. The van der Waals surface area contributed by atoms with Gasteiger partial charge in [0.15, 0.2) is 5.58 Å². The monoisotopic (exact) mass is 405 g/mol. The van der Waals surface area contributed by atoms with E-state index in [0.29, 0.717) is 31.3 Å². The molecule has 0 bridgehead atoms. The summed E-state index contributed by atoms with van der Waals surface area (Å²) in [4.78, 5) is 24.6. The lowest BCUT2D eigenvalue weighted by molar-refractivity contribution is -0.132. The Morgan fingerprint density at radius 1 is 1.25 bits per heavy atom. The van der Waals surface area contributed by atoms with Gasteiger partial charge in [0.1, 0.15) is 0 Å². The molecule has 0 saturated carbocycles. The van der Waals surface area contributed by atoms with Crippen molar-refractivity contribution in [1.82, 2.24) is 14.2 Å². The molecular weight excluding hydrogens is 382 g/mol. The highest BCUT2D eigenvalue weighted by Gasteiger charge is 2.45. The van der Waals surface area contributed by atoms with E-state index in [4.69, 9.17) is 4.42 Å². The summed E-state index contributed by atoms with van der Waals surface area (Å²) in [7, 11) is -3.82. The molecule has 3 heterocycles. The van der Waals surface area contributed by atoms with Gasteiger partial charge in [0.05, 0.1) is 15.8 Å². The van der Waals surface area contributed by atoms with Crippen molar-refractivity contribution in [3.8, 4) is 0 Å². The number of hydrogen-bond donors (Lipinski definition) is 1. The van der Waals surface area contributed by atoms with Crippen LogP contribution in [0, 0.1) is 5.41 Å². The Morgan fingerprint density at radius 3 is 2.75 bits per heavy atom. The number of carbonyl (C=O) groups is 1. The maximum atomic E-state index is 13.2. The average Bonchev–Trinajstić information content (AvgIpc) is 2.99. The quantitative estimate of drug-likeness (QED) is 0.841. The standard InChI is InChI=1S/C19H23N3O5S/c1-13(2)22-15-6-5-14(11-16(15)27-18(22)24)28(25,26)21-10-4-8-19(12-21)7-3-9-20-17(19)23/h3,5-6,9,11,13H,4,7-8,10,12H2,1-2H3,(H,20,23). The Hall–Kier alpha value is -2.39. The number of nitrogens with zero attached hydrogens (tertiary/aromatic N) is 2. The van der Waals surface area contributed by atoms with Crippen LogP contribution in [0.1, 0.15) is 39.2 Å². The fourth-order valence-electron chi connectivity index (χ4n) is 4.13. The van der Waals surface area contributed by atoms with Crippen LogP contribution in [-0.4, -0.2) is 36.3 Å². The Bertz CT molecular complexity index is 1130. The van der Waals surface area contributed by atoms with Crippen LogP contribution in [0.2, 0.25) is 0 Å². The Labute approximate surface area is 162 Å². The number of amides is 1. The lowest BCUT2D eigenvalue weighted by Crippen LogP contribution is -2.53. The van der Waals surface area contributed by atoms with Gasteiger partial charge in [-0.25, -0.2) is 13.2 Å². The van der Waals surface area contributed by atoms with Crippen molar-refractivity contribution in [3.05, 3.63) is 41.0 Å². The molecule has 1 N–H and O–H groups in total. The molecule has 1 spiro atoms. The molecule has 8 nitrogen and oxygen atoms in total. The smallest absolute Gasteiger partial charge is 0.408 e. The zero-order chi connectivity index (χ0) is 20.1. The van der Waals surface area contributed by atoms with E-state index >= 15 is 0 Å². The highest BCUT2D eigenvalue weighted by atomic mass is 32.2. The predicted molar refractivity (Wildman–Crippen MR) is 103 cm³/mol. The minimum absolute atomic E-state index is 0.0634. The molecule has 1 atom stereocenters. The Balaban J connectivity index is 1.71. The van der Waals surface area contributed by atoms with Crippen molar-refractivity contribution < 1.29 is 17.6 Å². The molecule has 1 saturated heterocycles. The highest BCUT2D eigenvalue weighted by Crippen LogP contribution is 2.38. The van der Waals surface area contributed by atoms with E-state index in [1.54, 1.807) is 12.3 Å². The molecule has 0 aliphatic carbocycles. The SMILES string of the molecule is CC(C)n1c(=O)oc2cc(S(=O)(=O)N3CCCC4(CC=CNC4=O)C3)ccc21. The molecule has 28 heavy (non-hydrogen) atoms. The third kappa shape index (κ3) is 2.89. The molecule has 1 unspecified atom stereocenters. The maximum absolute atomic E-state index is 13.2.